The number of amides is 1. The molecule has 0 fully saturated rings. The largest absolute Gasteiger partial charge is 0.496 e. The number of hydrazone groups is 1. The van der Waals surface area contributed by atoms with Gasteiger partial charge in [0, 0.05) is 26.3 Å². The number of carbonyl (C=O) groups is 1. The van der Waals surface area contributed by atoms with Gasteiger partial charge in [0.25, 0.3) is 5.91 Å². The van der Waals surface area contributed by atoms with Crippen LogP contribution in [0, 0.1) is 0 Å². The average Bonchev–Trinajstić information content (AvgIpc) is 3.32. The van der Waals surface area contributed by atoms with Crippen molar-refractivity contribution in [3.63, 3.8) is 0 Å². The van der Waals surface area contributed by atoms with Gasteiger partial charge in [0.1, 0.15) is 11.5 Å². The van der Waals surface area contributed by atoms with Gasteiger partial charge in [-0.15, -0.1) is 10.2 Å². The molecule has 1 amide bonds. The first kappa shape index (κ1) is 26.7. The summed E-state index contributed by atoms with van der Waals surface area (Å²) in [5, 5.41) is 14.0. The summed E-state index contributed by atoms with van der Waals surface area (Å²) in [5.41, 5.74) is 4.95. The SMILES string of the molecule is CCOc1ccc(-n2c(SCC(=O)N/N=C/c3cc(Br)ccc3OC)nnc2-c2ccc(Cl)cc2)cc1. The highest BCUT2D eigenvalue weighted by molar-refractivity contribution is 9.10. The summed E-state index contributed by atoms with van der Waals surface area (Å²) in [4.78, 5) is 12.5. The molecule has 0 aliphatic carbocycles. The molecular weight excluding hydrogens is 578 g/mol. The number of aromatic nitrogens is 3. The maximum atomic E-state index is 12.5. The lowest BCUT2D eigenvalue weighted by atomic mass is 10.2. The number of nitrogens with one attached hydrogen (secondary N) is 1. The smallest absolute Gasteiger partial charge is 0.250 e. The fraction of sp³-hybridized carbons (Fsp3) is 0.154. The minimum absolute atomic E-state index is 0.0861. The lowest BCUT2D eigenvalue weighted by molar-refractivity contribution is -0.118. The van der Waals surface area contributed by atoms with Crippen molar-refractivity contribution in [1.82, 2.24) is 20.2 Å². The van der Waals surface area contributed by atoms with E-state index in [0.717, 1.165) is 27.0 Å². The molecule has 0 radical (unpaired) electrons. The maximum absolute atomic E-state index is 12.5. The molecule has 0 spiro atoms. The lowest BCUT2D eigenvalue weighted by Crippen LogP contribution is -2.20. The molecule has 11 heteroatoms. The number of methoxy groups -OCH3 is 1. The molecule has 1 N–H and O–H groups in total. The zero-order valence-corrected chi connectivity index (χ0v) is 23.2. The monoisotopic (exact) mass is 599 g/mol. The third-order valence-electron chi connectivity index (χ3n) is 5.06. The summed E-state index contributed by atoms with van der Waals surface area (Å²) in [7, 11) is 1.58. The van der Waals surface area contributed by atoms with Crippen LogP contribution in [0.4, 0.5) is 0 Å². The fourth-order valence-corrected chi connectivity index (χ4v) is 4.63. The molecule has 8 nitrogen and oxygen atoms in total. The van der Waals surface area contributed by atoms with Gasteiger partial charge in [-0.3, -0.25) is 9.36 Å². The second-order valence-corrected chi connectivity index (χ2v) is 9.84. The van der Waals surface area contributed by atoms with E-state index in [4.69, 9.17) is 21.1 Å². The van der Waals surface area contributed by atoms with Crippen LogP contribution >= 0.6 is 39.3 Å². The third-order valence-corrected chi connectivity index (χ3v) is 6.73. The van der Waals surface area contributed by atoms with E-state index in [2.05, 4.69) is 36.7 Å². The zero-order chi connectivity index (χ0) is 26.2. The Labute approximate surface area is 232 Å². The Morgan fingerprint density at radius 1 is 1.14 bits per heavy atom. The molecule has 3 aromatic carbocycles. The molecular formula is C26H23BrClN5O3S. The highest BCUT2D eigenvalue weighted by Gasteiger charge is 2.17. The van der Waals surface area contributed by atoms with Gasteiger partial charge in [0.2, 0.25) is 0 Å². The van der Waals surface area contributed by atoms with Crippen molar-refractivity contribution in [2.45, 2.75) is 12.1 Å². The standard InChI is InChI=1S/C26H23BrClN5O3S/c1-3-36-22-11-9-21(10-12-22)33-25(17-4-7-20(28)8-5-17)31-32-26(33)37-16-24(34)30-29-15-18-14-19(27)6-13-23(18)35-2/h4-15H,3,16H2,1-2H3,(H,30,34)/b29-15+. The Morgan fingerprint density at radius 3 is 2.59 bits per heavy atom. The molecule has 0 aliphatic rings. The topological polar surface area (TPSA) is 90.6 Å². The number of nitrogens with zero attached hydrogens (tertiary/aromatic N) is 4. The second-order valence-electron chi connectivity index (χ2n) is 7.54. The molecule has 0 saturated carbocycles. The summed E-state index contributed by atoms with van der Waals surface area (Å²) in [6.45, 7) is 2.51. The number of hydrogen-bond acceptors (Lipinski definition) is 7. The van der Waals surface area contributed by atoms with E-state index in [1.54, 1.807) is 19.2 Å². The minimum atomic E-state index is -0.287. The first-order valence-corrected chi connectivity index (χ1v) is 13.4. The molecule has 0 unspecified atom stereocenters. The van der Waals surface area contributed by atoms with Crippen LogP contribution in [0.3, 0.4) is 0 Å². The third kappa shape index (κ3) is 6.91. The summed E-state index contributed by atoms with van der Waals surface area (Å²) < 4.78 is 13.7. The van der Waals surface area contributed by atoms with E-state index in [1.165, 1.54) is 18.0 Å². The Kier molecular flexibility index (Phi) is 9.21. The van der Waals surface area contributed by atoms with Gasteiger partial charge in [-0.05, 0) is 73.7 Å². The van der Waals surface area contributed by atoms with Crippen molar-refractivity contribution in [1.29, 1.82) is 0 Å². The molecule has 4 aromatic rings. The molecule has 0 bridgehead atoms. The lowest BCUT2D eigenvalue weighted by Gasteiger charge is -2.11. The number of halogens is 2. The number of benzene rings is 3. The molecule has 190 valence electrons. The number of rotatable bonds is 10. The fourth-order valence-electron chi connectivity index (χ4n) is 3.38. The van der Waals surface area contributed by atoms with Gasteiger partial charge in [-0.2, -0.15) is 5.10 Å². The average molecular weight is 601 g/mol. The zero-order valence-electron chi connectivity index (χ0n) is 20.0. The van der Waals surface area contributed by atoms with Crippen LogP contribution in [0.2, 0.25) is 5.02 Å². The Morgan fingerprint density at radius 2 is 1.89 bits per heavy atom. The van der Waals surface area contributed by atoms with E-state index >= 15 is 0 Å². The van der Waals surface area contributed by atoms with Crippen molar-refractivity contribution in [3.8, 4) is 28.6 Å². The van der Waals surface area contributed by atoms with Crippen molar-refractivity contribution >= 4 is 51.4 Å². The van der Waals surface area contributed by atoms with Crippen molar-refractivity contribution < 1.29 is 14.3 Å². The predicted molar refractivity (Wildman–Crippen MR) is 150 cm³/mol. The predicted octanol–water partition coefficient (Wildman–Crippen LogP) is 6.00. The first-order chi connectivity index (χ1) is 18.0. The number of ether oxygens (including phenoxy) is 2. The van der Waals surface area contributed by atoms with Crippen molar-refractivity contribution in [2.24, 2.45) is 5.10 Å². The van der Waals surface area contributed by atoms with E-state index in [9.17, 15) is 4.79 Å². The summed E-state index contributed by atoms with van der Waals surface area (Å²) in [6, 6.07) is 20.5. The van der Waals surface area contributed by atoms with Gasteiger partial charge in [0.05, 0.1) is 25.7 Å². The second kappa shape index (κ2) is 12.8. The summed E-state index contributed by atoms with van der Waals surface area (Å²) in [6.07, 6.45) is 1.53. The highest BCUT2D eigenvalue weighted by atomic mass is 79.9. The Hall–Kier alpha value is -3.34. The van der Waals surface area contributed by atoms with Crippen LogP contribution in [0.25, 0.3) is 17.1 Å². The minimum Gasteiger partial charge on any atom is -0.496 e. The summed E-state index contributed by atoms with van der Waals surface area (Å²) in [5.74, 6) is 1.84. The van der Waals surface area contributed by atoms with E-state index in [0.29, 0.717) is 28.4 Å². The van der Waals surface area contributed by atoms with Crippen LogP contribution in [0.5, 0.6) is 11.5 Å². The normalized spacial score (nSPS) is 11.0. The Balaban J connectivity index is 1.52. The van der Waals surface area contributed by atoms with Crippen LogP contribution in [-0.2, 0) is 4.79 Å². The molecule has 0 aliphatic heterocycles. The van der Waals surface area contributed by atoms with Gasteiger partial charge in [-0.25, -0.2) is 5.43 Å². The van der Waals surface area contributed by atoms with E-state index in [-0.39, 0.29) is 11.7 Å². The highest BCUT2D eigenvalue weighted by Crippen LogP contribution is 2.29. The molecule has 1 heterocycles. The molecule has 1 aromatic heterocycles. The van der Waals surface area contributed by atoms with Crippen LogP contribution in [0.1, 0.15) is 12.5 Å². The summed E-state index contributed by atoms with van der Waals surface area (Å²) >= 11 is 10.7. The number of thioether (sulfide) groups is 1. The van der Waals surface area contributed by atoms with Gasteiger partial charge in [-0.1, -0.05) is 39.3 Å². The molecule has 4 rings (SSSR count). The first-order valence-electron chi connectivity index (χ1n) is 11.2. The molecule has 37 heavy (non-hydrogen) atoms. The van der Waals surface area contributed by atoms with Gasteiger partial charge < -0.3 is 9.47 Å². The van der Waals surface area contributed by atoms with Gasteiger partial charge >= 0.3 is 0 Å². The van der Waals surface area contributed by atoms with E-state index in [1.807, 2.05) is 66.1 Å². The Bertz CT molecular complexity index is 1390. The quantitative estimate of drug-likeness (QED) is 0.136. The number of carbonyl (C=O) groups excluding carboxylic acids is 1. The van der Waals surface area contributed by atoms with Crippen LogP contribution in [-0.4, -0.2) is 46.4 Å². The maximum Gasteiger partial charge on any atom is 0.250 e. The van der Waals surface area contributed by atoms with Crippen LogP contribution < -0.4 is 14.9 Å². The van der Waals surface area contributed by atoms with Crippen molar-refractivity contribution in [3.05, 3.63) is 81.8 Å². The van der Waals surface area contributed by atoms with Crippen LogP contribution in [0.15, 0.2) is 81.5 Å². The number of hydrogen-bond donors (Lipinski definition) is 1. The van der Waals surface area contributed by atoms with E-state index < -0.39 is 0 Å². The molecule has 0 atom stereocenters. The van der Waals surface area contributed by atoms with Gasteiger partial charge in [0.15, 0.2) is 11.0 Å². The van der Waals surface area contributed by atoms with Crippen molar-refractivity contribution in [2.75, 3.05) is 19.5 Å². The molecule has 0 saturated heterocycles.